The van der Waals surface area contributed by atoms with E-state index in [-0.39, 0.29) is 11.7 Å². The highest BCUT2D eigenvalue weighted by atomic mass is 32.2. The minimum atomic E-state index is -3.45. The Bertz CT molecular complexity index is 382. The number of carboxylic acid groups (broad SMARTS) is 1. The highest BCUT2D eigenvalue weighted by molar-refractivity contribution is 7.99. The molecule has 1 aliphatic heterocycles. The molecule has 1 saturated heterocycles. The number of carbonyl (C=O) groups is 1. The molecule has 0 bridgehead atoms. The number of aliphatic carboxylic acids is 1. The number of hydrogen-bond acceptors (Lipinski definition) is 4. The topological polar surface area (TPSA) is 83.5 Å². The Morgan fingerprint density at radius 3 is 2.62 bits per heavy atom. The molecular formula is C9H15NO4S2. The van der Waals surface area contributed by atoms with Crippen LogP contribution in [-0.4, -0.2) is 42.3 Å². The highest BCUT2D eigenvalue weighted by Gasteiger charge is 2.45. The summed E-state index contributed by atoms with van der Waals surface area (Å²) in [5.41, 5.74) is -1.27. The van der Waals surface area contributed by atoms with Crippen LogP contribution in [-0.2, 0) is 14.8 Å². The summed E-state index contributed by atoms with van der Waals surface area (Å²) in [7, 11) is -3.45. The molecule has 2 aliphatic rings. The number of rotatable bonds is 5. The highest BCUT2D eigenvalue weighted by Crippen LogP contribution is 2.32. The van der Waals surface area contributed by atoms with E-state index in [1.807, 2.05) is 0 Å². The summed E-state index contributed by atoms with van der Waals surface area (Å²) in [6, 6.07) is 0. The van der Waals surface area contributed by atoms with E-state index in [4.69, 9.17) is 5.11 Å². The second-order valence-electron chi connectivity index (χ2n) is 4.52. The Balaban J connectivity index is 2.07. The van der Waals surface area contributed by atoms with E-state index in [2.05, 4.69) is 4.72 Å². The molecule has 0 amide bonds. The van der Waals surface area contributed by atoms with Crippen molar-refractivity contribution in [3.8, 4) is 0 Å². The van der Waals surface area contributed by atoms with Crippen molar-refractivity contribution < 1.29 is 18.3 Å². The van der Waals surface area contributed by atoms with Crippen molar-refractivity contribution >= 4 is 27.8 Å². The molecule has 1 heterocycles. The Morgan fingerprint density at radius 1 is 1.50 bits per heavy atom. The van der Waals surface area contributed by atoms with Crippen LogP contribution in [0.25, 0.3) is 0 Å². The number of thioether (sulfide) groups is 1. The van der Waals surface area contributed by atoms with Crippen molar-refractivity contribution in [3.05, 3.63) is 0 Å². The third-order valence-electron chi connectivity index (χ3n) is 2.93. The van der Waals surface area contributed by atoms with Gasteiger partial charge in [0, 0.05) is 5.75 Å². The Labute approximate surface area is 99.0 Å². The van der Waals surface area contributed by atoms with Gasteiger partial charge in [-0.2, -0.15) is 16.5 Å². The maximum Gasteiger partial charge on any atom is 0.325 e. The van der Waals surface area contributed by atoms with Gasteiger partial charge in [-0.3, -0.25) is 4.79 Å². The monoisotopic (exact) mass is 265 g/mol. The summed E-state index contributed by atoms with van der Waals surface area (Å²) in [5, 5.41) is 9.14. The van der Waals surface area contributed by atoms with E-state index in [0.717, 1.165) is 12.8 Å². The van der Waals surface area contributed by atoms with Gasteiger partial charge >= 0.3 is 5.97 Å². The van der Waals surface area contributed by atoms with Crippen LogP contribution in [0.15, 0.2) is 0 Å². The SMILES string of the molecule is O=C(O)C1(NS(=O)(=O)CC2CC2)CCSC1. The van der Waals surface area contributed by atoms with Crippen molar-refractivity contribution in [2.24, 2.45) is 5.92 Å². The molecule has 2 rings (SSSR count). The van der Waals surface area contributed by atoms with Crippen LogP contribution < -0.4 is 4.72 Å². The first kappa shape index (κ1) is 12.2. The van der Waals surface area contributed by atoms with Crippen LogP contribution in [0.4, 0.5) is 0 Å². The molecule has 0 radical (unpaired) electrons. The molecule has 92 valence electrons. The zero-order valence-electron chi connectivity index (χ0n) is 8.81. The van der Waals surface area contributed by atoms with E-state index < -0.39 is 21.5 Å². The third-order valence-corrected chi connectivity index (χ3v) is 5.74. The molecule has 1 saturated carbocycles. The zero-order valence-corrected chi connectivity index (χ0v) is 10.4. The Morgan fingerprint density at radius 2 is 2.19 bits per heavy atom. The van der Waals surface area contributed by atoms with Gasteiger partial charge in [0.05, 0.1) is 5.75 Å². The normalized spacial score (nSPS) is 30.5. The van der Waals surface area contributed by atoms with Crippen molar-refractivity contribution in [2.75, 3.05) is 17.3 Å². The molecule has 1 atom stereocenters. The van der Waals surface area contributed by atoms with Crippen LogP contribution >= 0.6 is 11.8 Å². The first-order valence-electron chi connectivity index (χ1n) is 5.26. The second-order valence-corrected chi connectivity index (χ2v) is 7.39. The summed E-state index contributed by atoms with van der Waals surface area (Å²) in [4.78, 5) is 11.2. The van der Waals surface area contributed by atoms with E-state index >= 15 is 0 Å². The molecule has 1 unspecified atom stereocenters. The predicted octanol–water partition coefficient (Wildman–Crippen LogP) is 0.276. The lowest BCUT2D eigenvalue weighted by atomic mass is 10.0. The third kappa shape index (κ3) is 2.70. The van der Waals surface area contributed by atoms with Gasteiger partial charge in [-0.05, 0) is 30.9 Å². The molecule has 0 aromatic carbocycles. The van der Waals surface area contributed by atoms with E-state index in [0.29, 0.717) is 17.9 Å². The standard InChI is InChI=1S/C9H15NO4S2/c11-8(12)9(3-4-15-6-9)10-16(13,14)5-7-1-2-7/h7,10H,1-6H2,(H,11,12). The maximum absolute atomic E-state index is 11.8. The molecule has 2 fully saturated rings. The molecule has 0 aromatic heterocycles. The fourth-order valence-corrected chi connectivity index (χ4v) is 5.10. The molecule has 2 N–H and O–H groups in total. The zero-order chi connectivity index (χ0) is 11.8. The summed E-state index contributed by atoms with van der Waals surface area (Å²) in [5.74, 6) is 0.270. The summed E-state index contributed by atoms with van der Waals surface area (Å²) >= 11 is 1.48. The average Bonchev–Trinajstić information content (AvgIpc) is 2.80. The van der Waals surface area contributed by atoms with Crippen molar-refractivity contribution in [1.29, 1.82) is 0 Å². The van der Waals surface area contributed by atoms with Gasteiger partial charge in [0.25, 0.3) is 0 Å². The summed E-state index contributed by atoms with van der Waals surface area (Å²) < 4.78 is 25.9. The largest absolute Gasteiger partial charge is 0.480 e. The quantitative estimate of drug-likeness (QED) is 0.746. The fraction of sp³-hybridized carbons (Fsp3) is 0.889. The minimum Gasteiger partial charge on any atom is -0.480 e. The molecule has 0 spiro atoms. The van der Waals surface area contributed by atoms with Crippen LogP contribution in [0.1, 0.15) is 19.3 Å². The lowest BCUT2D eigenvalue weighted by Gasteiger charge is -2.24. The van der Waals surface area contributed by atoms with E-state index in [9.17, 15) is 13.2 Å². The Kier molecular flexibility index (Phi) is 3.20. The van der Waals surface area contributed by atoms with Crippen LogP contribution in [0.3, 0.4) is 0 Å². The number of hydrogen-bond donors (Lipinski definition) is 2. The molecular weight excluding hydrogens is 250 g/mol. The summed E-state index contributed by atoms with van der Waals surface area (Å²) in [6.45, 7) is 0. The number of carboxylic acids is 1. The van der Waals surface area contributed by atoms with Crippen molar-refractivity contribution in [1.82, 2.24) is 4.72 Å². The van der Waals surface area contributed by atoms with E-state index in [1.165, 1.54) is 11.8 Å². The molecule has 1 aliphatic carbocycles. The minimum absolute atomic E-state index is 0.0761. The molecule has 5 nitrogen and oxygen atoms in total. The molecule has 16 heavy (non-hydrogen) atoms. The van der Waals surface area contributed by atoms with Gasteiger partial charge in [0.1, 0.15) is 5.54 Å². The average molecular weight is 265 g/mol. The second kappa shape index (κ2) is 4.19. The van der Waals surface area contributed by atoms with Gasteiger partial charge in [0.2, 0.25) is 10.0 Å². The van der Waals surface area contributed by atoms with Gasteiger partial charge in [0.15, 0.2) is 0 Å². The summed E-state index contributed by atoms with van der Waals surface area (Å²) in [6.07, 6.45) is 2.25. The lowest BCUT2D eigenvalue weighted by molar-refractivity contribution is -0.142. The first-order valence-corrected chi connectivity index (χ1v) is 8.07. The fourth-order valence-electron chi connectivity index (χ4n) is 1.79. The lowest BCUT2D eigenvalue weighted by Crippen LogP contribution is -2.55. The van der Waals surface area contributed by atoms with Gasteiger partial charge < -0.3 is 5.11 Å². The first-order chi connectivity index (χ1) is 7.44. The van der Waals surface area contributed by atoms with Crippen LogP contribution in [0, 0.1) is 5.92 Å². The van der Waals surface area contributed by atoms with Gasteiger partial charge in [-0.1, -0.05) is 0 Å². The van der Waals surface area contributed by atoms with Crippen molar-refractivity contribution in [2.45, 2.75) is 24.8 Å². The van der Waals surface area contributed by atoms with Crippen LogP contribution in [0.2, 0.25) is 0 Å². The van der Waals surface area contributed by atoms with Crippen LogP contribution in [0.5, 0.6) is 0 Å². The number of nitrogens with one attached hydrogen (secondary N) is 1. The predicted molar refractivity (Wildman–Crippen MR) is 62.0 cm³/mol. The maximum atomic E-state index is 11.8. The molecule has 0 aromatic rings. The van der Waals surface area contributed by atoms with Crippen molar-refractivity contribution in [3.63, 3.8) is 0 Å². The Hall–Kier alpha value is -0.270. The smallest absolute Gasteiger partial charge is 0.325 e. The molecule has 7 heteroatoms. The number of sulfonamides is 1. The van der Waals surface area contributed by atoms with Gasteiger partial charge in [-0.15, -0.1) is 0 Å². The van der Waals surface area contributed by atoms with Gasteiger partial charge in [-0.25, -0.2) is 8.42 Å². The van der Waals surface area contributed by atoms with E-state index in [1.54, 1.807) is 0 Å².